The first-order chi connectivity index (χ1) is 12.2. The normalized spacial score (nSPS) is 13.5. The smallest absolute Gasteiger partial charge is 0.441 e. The molecule has 0 bridgehead atoms. The van der Waals surface area contributed by atoms with Gasteiger partial charge in [-0.1, -0.05) is 59.9 Å². The van der Waals surface area contributed by atoms with Crippen LogP contribution < -0.4 is 0 Å². The van der Waals surface area contributed by atoms with Crippen LogP contribution in [0.3, 0.4) is 0 Å². The number of ether oxygens (including phenoxy) is 2. The van der Waals surface area contributed by atoms with E-state index in [-0.39, 0.29) is 30.5 Å². The molecule has 1 aliphatic carbocycles. The van der Waals surface area contributed by atoms with E-state index in [4.69, 9.17) is 4.74 Å². The van der Waals surface area contributed by atoms with Gasteiger partial charge in [0.1, 0.15) is 6.61 Å². The van der Waals surface area contributed by atoms with Gasteiger partial charge in [0.25, 0.3) is 6.47 Å². The Labute approximate surface area is 144 Å². The Morgan fingerprint density at radius 2 is 1.72 bits per heavy atom. The lowest BCUT2D eigenvalue weighted by molar-refractivity contribution is -0.159. The van der Waals surface area contributed by atoms with E-state index in [2.05, 4.69) is 4.74 Å². The Morgan fingerprint density at radius 3 is 2.24 bits per heavy atom. The summed E-state index contributed by atoms with van der Waals surface area (Å²) in [6.45, 7) is 1.71. The standard InChI is InChI=1S/C19H18FNO4/c1-2-18(25-12-22)21(20)19(23)24-11-17-15-9-5-3-7-13(15)14-8-4-6-10-16(14)17/h3-10,12,17-18H,2,11H2,1H3. The molecule has 3 rings (SSSR count). The molecule has 1 atom stereocenters. The molecule has 25 heavy (non-hydrogen) atoms. The van der Waals surface area contributed by atoms with Gasteiger partial charge in [-0.05, 0) is 22.3 Å². The van der Waals surface area contributed by atoms with Crippen molar-refractivity contribution in [2.45, 2.75) is 25.5 Å². The zero-order valence-electron chi connectivity index (χ0n) is 13.7. The number of nitrogens with zero attached hydrogens (tertiary/aromatic N) is 1. The number of rotatable bonds is 6. The number of benzene rings is 2. The predicted octanol–water partition coefficient (Wildman–Crippen LogP) is 4.03. The highest BCUT2D eigenvalue weighted by molar-refractivity contribution is 5.79. The van der Waals surface area contributed by atoms with Crippen LogP contribution in [-0.4, -0.2) is 30.5 Å². The maximum absolute atomic E-state index is 14.0. The van der Waals surface area contributed by atoms with Crippen molar-refractivity contribution in [1.82, 2.24) is 5.12 Å². The molecule has 2 aromatic carbocycles. The Bertz CT molecular complexity index is 734. The van der Waals surface area contributed by atoms with Crippen LogP contribution in [0.15, 0.2) is 48.5 Å². The van der Waals surface area contributed by atoms with E-state index >= 15 is 0 Å². The molecule has 130 valence electrons. The van der Waals surface area contributed by atoms with Crippen LogP contribution in [0.25, 0.3) is 11.1 Å². The molecule has 1 unspecified atom stereocenters. The van der Waals surface area contributed by atoms with Gasteiger partial charge >= 0.3 is 6.09 Å². The van der Waals surface area contributed by atoms with E-state index in [1.165, 1.54) is 0 Å². The highest BCUT2D eigenvalue weighted by atomic mass is 19.2. The summed E-state index contributed by atoms with van der Waals surface area (Å²) in [4.78, 5) is 22.3. The van der Waals surface area contributed by atoms with E-state index in [0.29, 0.717) is 0 Å². The lowest BCUT2D eigenvalue weighted by Gasteiger charge is -2.21. The highest BCUT2D eigenvalue weighted by Crippen LogP contribution is 2.44. The molecule has 1 amide bonds. The van der Waals surface area contributed by atoms with Crippen LogP contribution in [-0.2, 0) is 14.3 Å². The second-order valence-corrected chi connectivity index (χ2v) is 5.71. The second-order valence-electron chi connectivity index (χ2n) is 5.71. The highest BCUT2D eigenvalue weighted by Gasteiger charge is 2.31. The lowest BCUT2D eigenvalue weighted by Crippen LogP contribution is -2.36. The first-order valence-corrected chi connectivity index (χ1v) is 8.06. The molecule has 5 nitrogen and oxygen atoms in total. The van der Waals surface area contributed by atoms with Gasteiger partial charge in [0, 0.05) is 12.3 Å². The van der Waals surface area contributed by atoms with Gasteiger partial charge in [-0.25, -0.2) is 4.79 Å². The zero-order valence-corrected chi connectivity index (χ0v) is 13.7. The van der Waals surface area contributed by atoms with Gasteiger partial charge < -0.3 is 9.47 Å². The van der Waals surface area contributed by atoms with Crippen molar-refractivity contribution in [2.75, 3.05) is 6.61 Å². The first kappa shape index (κ1) is 17.0. The molecule has 0 aliphatic heterocycles. The number of carbonyl (C=O) groups is 2. The summed E-state index contributed by atoms with van der Waals surface area (Å²) < 4.78 is 23.7. The van der Waals surface area contributed by atoms with Crippen LogP contribution >= 0.6 is 0 Å². The summed E-state index contributed by atoms with van der Waals surface area (Å²) in [7, 11) is 0. The van der Waals surface area contributed by atoms with Gasteiger partial charge in [0.05, 0.1) is 0 Å². The molecular formula is C19H18FNO4. The third-order valence-electron chi connectivity index (χ3n) is 4.33. The summed E-state index contributed by atoms with van der Waals surface area (Å²) in [5, 5.41) is -0.193. The molecule has 0 radical (unpaired) electrons. The third kappa shape index (κ3) is 3.20. The van der Waals surface area contributed by atoms with Crippen molar-refractivity contribution in [1.29, 1.82) is 0 Å². The summed E-state index contributed by atoms with van der Waals surface area (Å²) in [5.74, 6) is -0.156. The van der Waals surface area contributed by atoms with Gasteiger partial charge in [0.2, 0.25) is 6.23 Å². The molecule has 0 fully saturated rings. The lowest BCUT2D eigenvalue weighted by atomic mass is 9.98. The number of fused-ring (bicyclic) bond motifs is 3. The van der Waals surface area contributed by atoms with Crippen LogP contribution in [0.2, 0.25) is 0 Å². The number of amides is 1. The summed E-state index contributed by atoms with van der Waals surface area (Å²) in [6.07, 6.45) is -2.33. The fourth-order valence-electron chi connectivity index (χ4n) is 3.15. The van der Waals surface area contributed by atoms with Crippen molar-refractivity contribution in [2.24, 2.45) is 0 Å². The fraction of sp³-hybridized carbons (Fsp3) is 0.263. The maximum atomic E-state index is 14.0. The van der Waals surface area contributed by atoms with E-state index in [0.717, 1.165) is 22.3 Å². The molecular weight excluding hydrogens is 325 g/mol. The van der Waals surface area contributed by atoms with E-state index in [9.17, 15) is 14.1 Å². The van der Waals surface area contributed by atoms with Crippen molar-refractivity contribution in [3.8, 4) is 11.1 Å². The van der Waals surface area contributed by atoms with Gasteiger partial charge in [-0.2, -0.15) is 0 Å². The zero-order chi connectivity index (χ0) is 17.8. The molecule has 6 heteroatoms. The number of hydrogen-bond donors (Lipinski definition) is 0. The topological polar surface area (TPSA) is 55.8 Å². The van der Waals surface area contributed by atoms with E-state index in [1.807, 2.05) is 48.5 Å². The summed E-state index contributed by atoms with van der Waals surface area (Å²) in [6, 6.07) is 15.7. The van der Waals surface area contributed by atoms with Gasteiger partial charge in [0.15, 0.2) is 0 Å². The second kappa shape index (κ2) is 7.34. The summed E-state index contributed by atoms with van der Waals surface area (Å²) in [5.41, 5.74) is 4.26. The SMILES string of the molecule is CCC(OC=O)N(F)C(=O)OCC1c2ccccc2-c2ccccc21. The van der Waals surface area contributed by atoms with Crippen LogP contribution in [0.1, 0.15) is 30.4 Å². The molecule has 1 aliphatic rings. The van der Waals surface area contributed by atoms with Crippen LogP contribution in [0.4, 0.5) is 9.28 Å². The van der Waals surface area contributed by atoms with Crippen molar-refractivity contribution < 1.29 is 23.5 Å². The Morgan fingerprint density at radius 1 is 1.16 bits per heavy atom. The van der Waals surface area contributed by atoms with Crippen molar-refractivity contribution in [3.63, 3.8) is 0 Å². The fourth-order valence-corrected chi connectivity index (χ4v) is 3.15. The molecule has 0 N–H and O–H groups in total. The maximum Gasteiger partial charge on any atom is 0.441 e. The number of hydrogen-bond acceptors (Lipinski definition) is 4. The predicted molar refractivity (Wildman–Crippen MR) is 89.2 cm³/mol. The minimum absolute atomic E-state index is 0.00477. The third-order valence-corrected chi connectivity index (χ3v) is 4.33. The monoisotopic (exact) mass is 343 g/mol. The number of halogens is 1. The van der Waals surface area contributed by atoms with E-state index in [1.54, 1.807) is 6.92 Å². The van der Waals surface area contributed by atoms with Crippen LogP contribution in [0.5, 0.6) is 0 Å². The van der Waals surface area contributed by atoms with Crippen molar-refractivity contribution in [3.05, 3.63) is 59.7 Å². The quantitative estimate of drug-likeness (QED) is 0.451. The molecule has 2 aromatic rings. The molecule has 0 saturated carbocycles. The molecule has 0 aromatic heterocycles. The van der Waals surface area contributed by atoms with Crippen LogP contribution in [0, 0.1) is 0 Å². The molecule has 0 spiro atoms. The largest absolute Gasteiger partial charge is 0.447 e. The minimum Gasteiger partial charge on any atom is -0.447 e. The minimum atomic E-state index is -1.28. The Balaban J connectivity index is 1.75. The van der Waals surface area contributed by atoms with Gasteiger partial charge in [-0.3, -0.25) is 4.79 Å². The summed E-state index contributed by atoms with van der Waals surface area (Å²) >= 11 is 0. The van der Waals surface area contributed by atoms with Gasteiger partial charge in [-0.15, -0.1) is 5.12 Å². The average Bonchev–Trinajstić information content (AvgIpc) is 2.97. The van der Waals surface area contributed by atoms with E-state index < -0.39 is 12.3 Å². The first-order valence-electron chi connectivity index (χ1n) is 8.06. The average molecular weight is 343 g/mol. The van der Waals surface area contributed by atoms with Crippen molar-refractivity contribution >= 4 is 12.6 Å². The molecule has 0 heterocycles. The number of carbonyl (C=O) groups excluding carboxylic acids is 2. The molecule has 0 saturated heterocycles. The Kier molecular flexibility index (Phi) is 4.97. The Hall–Kier alpha value is -2.89.